The molecular formula is C25H30BN. The summed E-state index contributed by atoms with van der Waals surface area (Å²) in [5, 5.41) is 0. The number of fused-ring (bicyclic) bond motifs is 2. The summed E-state index contributed by atoms with van der Waals surface area (Å²) in [6.45, 7) is 14.5. The van der Waals surface area contributed by atoms with Crippen LogP contribution in [0.1, 0.15) is 58.6 Å². The standard InChI is InChI=1S/C25H30BN/c1-17(2)20-16-27-24(23(20)19-12-8-7-9-13-19)26(18(3)4)22-15-11-10-14-21(22)25(27,5)6/h7-18H,1-6H3. The third-order valence-electron chi connectivity index (χ3n) is 6.28. The van der Waals surface area contributed by atoms with Crippen LogP contribution < -0.4 is 11.1 Å². The quantitative estimate of drug-likeness (QED) is 0.555. The van der Waals surface area contributed by atoms with Crippen molar-refractivity contribution >= 4 is 17.8 Å². The van der Waals surface area contributed by atoms with Crippen molar-refractivity contribution in [2.75, 3.05) is 0 Å². The first-order valence-electron chi connectivity index (χ1n) is 10.2. The van der Waals surface area contributed by atoms with Crippen LogP contribution in [-0.2, 0) is 5.54 Å². The first-order valence-corrected chi connectivity index (χ1v) is 10.2. The van der Waals surface area contributed by atoms with Crippen molar-refractivity contribution in [2.24, 2.45) is 0 Å². The van der Waals surface area contributed by atoms with Gasteiger partial charge in [0.25, 0.3) is 0 Å². The van der Waals surface area contributed by atoms with E-state index in [9.17, 15) is 0 Å². The van der Waals surface area contributed by atoms with Crippen LogP contribution in [0.2, 0.25) is 5.82 Å². The molecule has 0 saturated heterocycles. The maximum Gasteiger partial charge on any atom is 0.234 e. The van der Waals surface area contributed by atoms with Crippen molar-refractivity contribution in [3.63, 3.8) is 0 Å². The fourth-order valence-corrected chi connectivity index (χ4v) is 4.94. The van der Waals surface area contributed by atoms with E-state index in [1.54, 1.807) is 0 Å². The molecule has 0 amide bonds. The molecular weight excluding hydrogens is 325 g/mol. The average Bonchev–Trinajstić information content (AvgIpc) is 3.04. The first kappa shape index (κ1) is 18.2. The van der Waals surface area contributed by atoms with E-state index in [1.807, 2.05) is 0 Å². The largest absolute Gasteiger partial charge is 0.349 e. The average molecular weight is 355 g/mol. The summed E-state index contributed by atoms with van der Waals surface area (Å²) in [6.07, 6.45) is 2.44. The summed E-state index contributed by atoms with van der Waals surface area (Å²) < 4.78 is 2.58. The molecule has 27 heavy (non-hydrogen) atoms. The van der Waals surface area contributed by atoms with E-state index in [1.165, 1.54) is 33.3 Å². The summed E-state index contributed by atoms with van der Waals surface area (Å²) in [6, 6.07) is 20.0. The number of benzene rings is 2. The number of hydrogen-bond donors (Lipinski definition) is 0. The summed E-state index contributed by atoms with van der Waals surface area (Å²) in [4.78, 5) is 0. The second-order valence-electron chi connectivity index (χ2n) is 9.10. The molecule has 0 spiro atoms. The van der Waals surface area contributed by atoms with Crippen molar-refractivity contribution in [3.8, 4) is 11.1 Å². The van der Waals surface area contributed by atoms with Gasteiger partial charge in [-0.25, -0.2) is 0 Å². The molecule has 3 aromatic rings. The van der Waals surface area contributed by atoms with Crippen LogP contribution in [-0.4, -0.2) is 11.3 Å². The van der Waals surface area contributed by atoms with Crippen LogP contribution in [0.4, 0.5) is 0 Å². The zero-order valence-corrected chi connectivity index (χ0v) is 17.5. The summed E-state index contributed by atoms with van der Waals surface area (Å²) >= 11 is 0. The predicted molar refractivity (Wildman–Crippen MR) is 119 cm³/mol. The first-order chi connectivity index (χ1) is 12.8. The summed E-state index contributed by atoms with van der Waals surface area (Å²) in [5.74, 6) is 1.03. The van der Waals surface area contributed by atoms with Gasteiger partial charge in [-0.2, -0.15) is 0 Å². The van der Waals surface area contributed by atoms with Gasteiger partial charge in [0.15, 0.2) is 0 Å². The van der Waals surface area contributed by atoms with E-state index in [2.05, 4.69) is 107 Å². The molecule has 0 saturated carbocycles. The van der Waals surface area contributed by atoms with Crippen LogP contribution in [0.5, 0.6) is 0 Å². The van der Waals surface area contributed by atoms with Crippen LogP contribution in [0.25, 0.3) is 11.1 Å². The zero-order valence-electron chi connectivity index (χ0n) is 17.5. The maximum absolute atomic E-state index is 2.58. The molecule has 1 aromatic heterocycles. The lowest BCUT2D eigenvalue weighted by Gasteiger charge is -2.41. The number of hydrogen-bond acceptors (Lipinski definition) is 0. The third kappa shape index (κ3) is 2.69. The molecule has 0 bridgehead atoms. The Bertz CT molecular complexity index is 963. The normalized spacial score (nSPS) is 15.2. The Morgan fingerprint density at radius 1 is 0.852 bits per heavy atom. The molecule has 1 nitrogen and oxygen atoms in total. The van der Waals surface area contributed by atoms with Gasteiger partial charge in [0, 0.05) is 6.20 Å². The van der Waals surface area contributed by atoms with Gasteiger partial charge in [0.2, 0.25) is 6.71 Å². The maximum atomic E-state index is 2.58. The van der Waals surface area contributed by atoms with Gasteiger partial charge in [-0.3, -0.25) is 0 Å². The molecule has 1 aliphatic rings. The molecule has 4 rings (SSSR count). The number of nitrogens with zero attached hydrogens (tertiary/aromatic N) is 1. The second kappa shape index (κ2) is 6.44. The van der Waals surface area contributed by atoms with Crippen LogP contribution in [0, 0.1) is 0 Å². The minimum atomic E-state index is -0.0476. The Morgan fingerprint density at radius 2 is 1.48 bits per heavy atom. The van der Waals surface area contributed by atoms with E-state index in [0.29, 0.717) is 18.4 Å². The van der Waals surface area contributed by atoms with Gasteiger partial charge in [-0.1, -0.05) is 93.6 Å². The molecule has 2 aromatic carbocycles. The molecule has 0 unspecified atom stereocenters. The fraction of sp³-hybridized carbons (Fsp3) is 0.360. The minimum Gasteiger partial charge on any atom is -0.349 e. The van der Waals surface area contributed by atoms with Gasteiger partial charge < -0.3 is 4.57 Å². The van der Waals surface area contributed by atoms with Crippen LogP contribution in [0.15, 0.2) is 60.8 Å². The second-order valence-corrected chi connectivity index (χ2v) is 9.10. The Kier molecular flexibility index (Phi) is 4.33. The molecule has 138 valence electrons. The fourth-order valence-electron chi connectivity index (χ4n) is 4.94. The van der Waals surface area contributed by atoms with Gasteiger partial charge in [-0.15, -0.1) is 0 Å². The molecule has 0 N–H and O–H groups in total. The van der Waals surface area contributed by atoms with Crippen molar-refractivity contribution in [3.05, 3.63) is 71.9 Å². The lowest BCUT2D eigenvalue weighted by Crippen LogP contribution is -2.59. The number of aromatic nitrogens is 1. The van der Waals surface area contributed by atoms with Crippen LogP contribution in [0.3, 0.4) is 0 Å². The monoisotopic (exact) mass is 355 g/mol. The van der Waals surface area contributed by atoms with Gasteiger partial charge in [0.05, 0.1) is 5.54 Å². The molecule has 0 radical (unpaired) electrons. The Hall–Kier alpha value is -2.22. The molecule has 0 fully saturated rings. The van der Waals surface area contributed by atoms with Gasteiger partial charge >= 0.3 is 0 Å². The smallest absolute Gasteiger partial charge is 0.234 e. The molecule has 2 heteroatoms. The highest BCUT2D eigenvalue weighted by Gasteiger charge is 2.42. The van der Waals surface area contributed by atoms with E-state index in [-0.39, 0.29) is 5.54 Å². The predicted octanol–water partition coefficient (Wildman–Crippen LogP) is 5.39. The van der Waals surface area contributed by atoms with E-state index < -0.39 is 0 Å². The lowest BCUT2D eigenvalue weighted by atomic mass is 9.33. The molecule has 0 atom stereocenters. The Morgan fingerprint density at radius 3 is 2.11 bits per heavy atom. The van der Waals surface area contributed by atoms with Crippen molar-refractivity contribution in [1.29, 1.82) is 0 Å². The van der Waals surface area contributed by atoms with Gasteiger partial charge in [0.1, 0.15) is 0 Å². The summed E-state index contributed by atoms with van der Waals surface area (Å²) in [7, 11) is 0. The van der Waals surface area contributed by atoms with Crippen LogP contribution >= 0.6 is 0 Å². The van der Waals surface area contributed by atoms with Crippen molar-refractivity contribution < 1.29 is 0 Å². The number of rotatable bonds is 3. The zero-order chi connectivity index (χ0) is 19.3. The highest BCUT2D eigenvalue weighted by atomic mass is 15.1. The van der Waals surface area contributed by atoms with Crippen molar-refractivity contribution in [1.82, 2.24) is 4.57 Å². The molecule has 2 heterocycles. The lowest BCUT2D eigenvalue weighted by molar-refractivity contribution is 0.444. The van der Waals surface area contributed by atoms with Crippen molar-refractivity contribution in [2.45, 2.75) is 58.8 Å². The summed E-state index contributed by atoms with van der Waals surface area (Å²) in [5.41, 5.74) is 8.65. The minimum absolute atomic E-state index is 0.0476. The molecule has 1 aliphatic heterocycles. The van der Waals surface area contributed by atoms with E-state index in [4.69, 9.17) is 0 Å². The van der Waals surface area contributed by atoms with E-state index in [0.717, 1.165) is 0 Å². The highest BCUT2D eigenvalue weighted by molar-refractivity contribution is 6.87. The third-order valence-corrected chi connectivity index (χ3v) is 6.28. The highest BCUT2D eigenvalue weighted by Crippen LogP contribution is 2.37. The Balaban J connectivity index is 2.11. The topological polar surface area (TPSA) is 4.93 Å². The van der Waals surface area contributed by atoms with Gasteiger partial charge in [-0.05, 0) is 47.6 Å². The molecule has 0 aliphatic carbocycles. The Labute approximate surface area is 164 Å². The van der Waals surface area contributed by atoms with E-state index >= 15 is 0 Å². The SMILES string of the molecule is CC(C)B1c2ccccc2C(C)(C)n2cc(C(C)C)c(-c3ccccc3)c21.